The minimum absolute atomic E-state index is 0.0161. The highest BCUT2D eigenvalue weighted by atomic mass is 32.1. The number of hydrogen-bond donors (Lipinski definition) is 2. The number of aryl methyl sites for hydroxylation is 1. The van der Waals surface area contributed by atoms with E-state index in [2.05, 4.69) is 15.6 Å². The number of likely N-dealkylation sites (N-methyl/N-ethyl adjacent to an activating group) is 1. The summed E-state index contributed by atoms with van der Waals surface area (Å²) >= 11 is 2.93. The van der Waals surface area contributed by atoms with Crippen LogP contribution in [0.4, 0.5) is 0 Å². The summed E-state index contributed by atoms with van der Waals surface area (Å²) in [7, 11) is 0. The molecule has 2 aromatic heterocycles. The summed E-state index contributed by atoms with van der Waals surface area (Å²) in [6.45, 7) is 4.17. The van der Waals surface area contributed by atoms with Gasteiger partial charge in [0.05, 0.1) is 12.2 Å². The van der Waals surface area contributed by atoms with Gasteiger partial charge in [0.2, 0.25) is 5.91 Å². The Hall–Kier alpha value is -1.73. The van der Waals surface area contributed by atoms with Crippen molar-refractivity contribution in [3.05, 3.63) is 27.4 Å². The Balaban J connectivity index is 2.05. The number of aromatic nitrogens is 1. The van der Waals surface area contributed by atoms with Gasteiger partial charge in [-0.2, -0.15) is 11.3 Å². The van der Waals surface area contributed by atoms with Crippen molar-refractivity contribution in [1.82, 2.24) is 15.6 Å². The molecule has 0 spiro atoms. The third-order valence-electron chi connectivity index (χ3n) is 2.55. The van der Waals surface area contributed by atoms with Crippen molar-refractivity contribution in [1.29, 1.82) is 0 Å². The van der Waals surface area contributed by atoms with Crippen LogP contribution >= 0.6 is 22.7 Å². The zero-order valence-electron chi connectivity index (χ0n) is 11.2. The molecule has 2 heterocycles. The van der Waals surface area contributed by atoms with Gasteiger partial charge in [-0.25, -0.2) is 4.98 Å². The number of nitrogens with one attached hydrogen (secondary N) is 2. The smallest absolute Gasteiger partial charge is 0.263 e. The zero-order chi connectivity index (χ0) is 14.5. The van der Waals surface area contributed by atoms with Crippen LogP contribution in [-0.4, -0.2) is 29.9 Å². The molecule has 0 unspecified atom stereocenters. The van der Waals surface area contributed by atoms with Crippen molar-refractivity contribution in [2.45, 2.75) is 13.8 Å². The molecule has 0 aromatic carbocycles. The lowest BCUT2D eigenvalue weighted by Gasteiger charge is -2.03. The third kappa shape index (κ3) is 3.43. The van der Waals surface area contributed by atoms with Crippen molar-refractivity contribution in [3.8, 4) is 10.6 Å². The molecule has 0 saturated carbocycles. The number of thiazole rings is 1. The van der Waals surface area contributed by atoms with Gasteiger partial charge in [-0.3, -0.25) is 9.59 Å². The van der Waals surface area contributed by atoms with E-state index in [1.165, 1.54) is 11.3 Å². The second-order valence-electron chi connectivity index (χ2n) is 4.08. The van der Waals surface area contributed by atoms with Gasteiger partial charge in [-0.1, -0.05) is 0 Å². The van der Waals surface area contributed by atoms with E-state index < -0.39 is 0 Å². The molecule has 7 heteroatoms. The summed E-state index contributed by atoms with van der Waals surface area (Å²) in [6, 6.07) is 1.97. The number of amides is 2. The quantitative estimate of drug-likeness (QED) is 0.888. The number of carbonyl (C=O) groups is 2. The Kier molecular flexibility index (Phi) is 4.86. The largest absolute Gasteiger partial charge is 0.355 e. The predicted molar refractivity (Wildman–Crippen MR) is 81.2 cm³/mol. The summed E-state index contributed by atoms with van der Waals surface area (Å²) in [5, 5.41) is 10.0. The minimum atomic E-state index is -0.257. The highest BCUT2D eigenvalue weighted by Crippen LogP contribution is 2.29. The van der Waals surface area contributed by atoms with Crippen molar-refractivity contribution in [3.63, 3.8) is 0 Å². The Morgan fingerprint density at radius 3 is 2.80 bits per heavy atom. The molecule has 0 saturated heterocycles. The lowest BCUT2D eigenvalue weighted by Crippen LogP contribution is -2.36. The standard InChI is InChI=1S/C13H15N3O2S2/c1-3-14-10(17)6-15-12(18)11-8(2)16-13(20-11)9-4-5-19-7-9/h4-5,7H,3,6H2,1-2H3,(H,14,17)(H,15,18). The second-order valence-corrected chi connectivity index (χ2v) is 5.86. The van der Waals surface area contributed by atoms with Crippen LogP contribution in [0.3, 0.4) is 0 Å². The molecule has 2 rings (SSSR count). The van der Waals surface area contributed by atoms with Gasteiger partial charge < -0.3 is 10.6 Å². The number of rotatable bonds is 5. The number of carbonyl (C=O) groups excluding carboxylic acids is 2. The average molecular weight is 309 g/mol. The van der Waals surface area contributed by atoms with Crippen molar-refractivity contribution in [2.75, 3.05) is 13.1 Å². The van der Waals surface area contributed by atoms with Crippen molar-refractivity contribution in [2.24, 2.45) is 0 Å². The van der Waals surface area contributed by atoms with E-state index in [-0.39, 0.29) is 18.4 Å². The van der Waals surface area contributed by atoms with E-state index in [1.54, 1.807) is 18.3 Å². The Morgan fingerprint density at radius 1 is 1.35 bits per heavy atom. The highest BCUT2D eigenvalue weighted by Gasteiger charge is 2.16. The van der Waals surface area contributed by atoms with E-state index in [9.17, 15) is 9.59 Å². The van der Waals surface area contributed by atoms with Crippen molar-refractivity contribution >= 4 is 34.5 Å². The lowest BCUT2D eigenvalue weighted by atomic mass is 10.3. The Labute approximate surface area is 125 Å². The van der Waals surface area contributed by atoms with E-state index >= 15 is 0 Å². The third-order valence-corrected chi connectivity index (χ3v) is 4.44. The van der Waals surface area contributed by atoms with E-state index in [4.69, 9.17) is 0 Å². The van der Waals surface area contributed by atoms with Crippen LogP contribution in [0, 0.1) is 6.92 Å². The topological polar surface area (TPSA) is 71.1 Å². The van der Waals surface area contributed by atoms with Gasteiger partial charge in [0.1, 0.15) is 9.88 Å². The average Bonchev–Trinajstić information content (AvgIpc) is 3.05. The van der Waals surface area contributed by atoms with Crippen LogP contribution in [0.2, 0.25) is 0 Å². The summed E-state index contributed by atoms with van der Waals surface area (Å²) in [6.07, 6.45) is 0. The zero-order valence-corrected chi connectivity index (χ0v) is 12.9. The molecule has 5 nitrogen and oxygen atoms in total. The fraction of sp³-hybridized carbons (Fsp3) is 0.308. The molecular weight excluding hydrogens is 294 g/mol. The van der Waals surface area contributed by atoms with Crippen molar-refractivity contribution < 1.29 is 9.59 Å². The molecule has 0 radical (unpaired) electrons. The van der Waals surface area contributed by atoms with Crippen LogP contribution in [-0.2, 0) is 4.79 Å². The molecule has 0 bridgehead atoms. The van der Waals surface area contributed by atoms with Gasteiger partial charge >= 0.3 is 0 Å². The first-order valence-electron chi connectivity index (χ1n) is 6.16. The Bertz CT molecular complexity index is 605. The molecular formula is C13H15N3O2S2. The normalized spacial score (nSPS) is 10.3. The summed E-state index contributed by atoms with van der Waals surface area (Å²) in [5.41, 5.74) is 1.70. The van der Waals surface area contributed by atoms with Crippen LogP contribution < -0.4 is 10.6 Å². The van der Waals surface area contributed by atoms with E-state index in [1.807, 2.05) is 23.8 Å². The lowest BCUT2D eigenvalue weighted by molar-refractivity contribution is -0.120. The monoisotopic (exact) mass is 309 g/mol. The molecule has 0 fully saturated rings. The van der Waals surface area contributed by atoms with E-state index in [0.29, 0.717) is 17.1 Å². The fourth-order valence-corrected chi connectivity index (χ4v) is 3.31. The van der Waals surface area contributed by atoms with Gasteiger partial charge in [0, 0.05) is 17.5 Å². The molecule has 0 aliphatic heterocycles. The molecule has 106 valence electrons. The Morgan fingerprint density at radius 2 is 2.15 bits per heavy atom. The first-order valence-corrected chi connectivity index (χ1v) is 7.92. The predicted octanol–water partition coefficient (Wildman–Crippen LogP) is 2.05. The fourth-order valence-electron chi connectivity index (χ4n) is 1.62. The minimum Gasteiger partial charge on any atom is -0.355 e. The summed E-state index contributed by atoms with van der Waals surface area (Å²) in [4.78, 5) is 28.3. The number of nitrogens with zero attached hydrogens (tertiary/aromatic N) is 1. The maximum atomic E-state index is 12.0. The summed E-state index contributed by atoms with van der Waals surface area (Å²) in [5.74, 6) is -0.450. The second kappa shape index (κ2) is 6.62. The van der Waals surface area contributed by atoms with E-state index in [0.717, 1.165) is 10.6 Å². The van der Waals surface area contributed by atoms with Gasteiger partial charge in [0.15, 0.2) is 0 Å². The van der Waals surface area contributed by atoms with Gasteiger partial charge in [0.25, 0.3) is 5.91 Å². The maximum absolute atomic E-state index is 12.0. The molecule has 2 amide bonds. The number of thiophene rings is 1. The van der Waals surface area contributed by atoms with Crippen LogP contribution in [0.5, 0.6) is 0 Å². The SMILES string of the molecule is CCNC(=O)CNC(=O)c1sc(-c2ccsc2)nc1C. The highest BCUT2D eigenvalue weighted by molar-refractivity contribution is 7.17. The van der Waals surface area contributed by atoms with Crippen LogP contribution in [0.15, 0.2) is 16.8 Å². The van der Waals surface area contributed by atoms with Crippen LogP contribution in [0.25, 0.3) is 10.6 Å². The van der Waals surface area contributed by atoms with Crippen LogP contribution in [0.1, 0.15) is 22.3 Å². The summed E-state index contributed by atoms with van der Waals surface area (Å²) < 4.78 is 0. The molecule has 0 atom stereocenters. The van der Waals surface area contributed by atoms with Gasteiger partial charge in [-0.15, -0.1) is 11.3 Å². The molecule has 20 heavy (non-hydrogen) atoms. The number of hydrogen-bond acceptors (Lipinski definition) is 5. The van der Waals surface area contributed by atoms with Gasteiger partial charge in [-0.05, 0) is 25.3 Å². The first-order chi connectivity index (χ1) is 9.61. The molecule has 2 N–H and O–H groups in total. The molecule has 0 aliphatic carbocycles. The maximum Gasteiger partial charge on any atom is 0.263 e. The first kappa shape index (κ1) is 14.7. The molecule has 0 aliphatic rings. The molecule has 2 aromatic rings.